The Labute approximate surface area is 42.7 Å². The highest BCUT2D eigenvalue weighted by molar-refractivity contribution is 4.53. The van der Waals surface area contributed by atoms with Crippen LogP contribution < -0.4 is 10.8 Å². The van der Waals surface area contributed by atoms with Gasteiger partial charge in [0.05, 0.1) is 6.54 Å². The Hall–Kier alpha value is -0.120. The Morgan fingerprint density at radius 3 is 2.57 bits per heavy atom. The molecule has 3 heteroatoms. The maximum absolute atomic E-state index is 10.4. The average Bonchev–Trinajstić information content (AvgIpc) is 1.91. The van der Waals surface area contributed by atoms with E-state index in [0.29, 0.717) is 6.54 Å². The molecule has 0 spiro atoms. The van der Waals surface area contributed by atoms with Gasteiger partial charge in [-0.2, -0.15) is 0 Å². The molecule has 0 saturated carbocycles. The lowest BCUT2D eigenvalue weighted by Crippen LogP contribution is -3.10. The fourth-order valence-electron chi connectivity index (χ4n) is 0.843. The first kappa shape index (κ1) is 5.03. The molecule has 42 valence electrons. The second-order valence-electron chi connectivity index (χ2n) is 1.97. The molecule has 0 amide bonds. The van der Waals surface area contributed by atoms with Crippen LogP contribution >= 0.6 is 0 Å². The molecule has 0 radical (unpaired) electrons. The number of hydroxylamine groups is 2. The zero-order chi connectivity index (χ0) is 5.28. The highest BCUT2D eigenvalue weighted by Crippen LogP contribution is 1.91. The summed E-state index contributed by atoms with van der Waals surface area (Å²) >= 11 is 0. The molecule has 7 heavy (non-hydrogen) atoms. The van der Waals surface area contributed by atoms with Gasteiger partial charge in [0.1, 0.15) is 6.17 Å². The second-order valence-corrected chi connectivity index (χ2v) is 1.97. The van der Waals surface area contributed by atoms with Crippen molar-refractivity contribution in [1.29, 1.82) is 0 Å². The predicted octanol–water partition coefficient (Wildman–Crippen LogP) is -1.55. The Kier molecular flexibility index (Phi) is 1.27. The van der Waals surface area contributed by atoms with Crippen molar-refractivity contribution in [2.75, 3.05) is 6.54 Å². The SMILES string of the molecule is NC1CCC[NH+]1[O-]. The van der Waals surface area contributed by atoms with Crippen LogP contribution in [-0.2, 0) is 0 Å². The molecule has 0 aliphatic carbocycles. The first-order valence-electron chi connectivity index (χ1n) is 2.59. The van der Waals surface area contributed by atoms with Crippen molar-refractivity contribution in [2.24, 2.45) is 5.73 Å². The van der Waals surface area contributed by atoms with Gasteiger partial charge in [0, 0.05) is 12.8 Å². The smallest absolute Gasteiger partial charge is 0.138 e. The van der Waals surface area contributed by atoms with Gasteiger partial charge in [0.15, 0.2) is 0 Å². The van der Waals surface area contributed by atoms with Gasteiger partial charge in [-0.3, -0.25) is 5.73 Å². The zero-order valence-electron chi connectivity index (χ0n) is 4.18. The lowest BCUT2D eigenvalue weighted by Gasteiger charge is -2.19. The number of nitrogens with two attached hydrogens (primary N) is 1. The molecule has 1 heterocycles. The summed E-state index contributed by atoms with van der Waals surface area (Å²) in [6.07, 6.45) is 1.78. The molecule has 1 aliphatic heterocycles. The van der Waals surface area contributed by atoms with Crippen LogP contribution in [-0.4, -0.2) is 12.7 Å². The monoisotopic (exact) mass is 102 g/mol. The first-order chi connectivity index (χ1) is 3.30. The molecule has 0 aromatic rings. The molecule has 1 saturated heterocycles. The van der Waals surface area contributed by atoms with Gasteiger partial charge in [-0.15, -0.1) is 0 Å². The summed E-state index contributed by atoms with van der Waals surface area (Å²) in [6.45, 7) is 0.709. The topological polar surface area (TPSA) is 53.5 Å². The van der Waals surface area contributed by atoms with E-state index in [1.165, 1.54) is 0 Å². The number of hydrogen-bond donors (Lipinski definition) is 2. The van der Waals surface area contributed by atoms with Crippen molar-refractivity contribution < 1.29 is 5.06 Å². The van der Waals surface area contributed by atoms with Gasteiger partial charge in [-0.05, 0) is 0 Å². The van der Waals surface area contributed by atoms with Gasteiger partial charge in [-0.25, -0.2) is 0 Å². The fourth-order valence-corrected chi connectivity index (χ4v) is 0.843. The summed E-state index contributed by atoms with van der Waals surface area (Å²) in [7, 11) is 0. The van der Waals surface area contributed by atoms with Crippen LogP contribution in [0.5, 0.6) is 0 Å². The molecule has 0 aromatic heterocycles. The predicted molar refractivity (Wildman–Crippen MR) is 26.4 cm³/mol. The second kappa shape index (κ2) is 1.78. The third-order valence-corrected chi connectivity index (χ3v) is 1.35. The van der Waals surface area contributed by atoms with E-state index in [2.05, 4.69) is 0 Å². The number of hydrogen-bond acceptors (Lipinski definition) is 2. The average molecular weight is 102 g/mol. The van der Waals surface area contributed by atoms with Crippen molar-refractivity contribution >= 4 is 0 Å². The van der Waals surface area contributed by atoms with Crippen LogP contribution in [0.2, 0.25) is 0 Å². The van der Waals surface area contributed by atoms with Crippen molar-refractivity contribution in [3.05, 3.63) is 5.21 Å². The van der Waals surface area contributed by atoms with Crippen LogP contribution in [0.1, 0.15) is 12.8 Å². The zero-order valence-corrected chi connectivity index (χ0v) is 4.18. The quantitative estimate of drug-likeness (QED) is 0.364. The minimum atomic E-state index is -0.125. The highest BCUT2D eigenvalue weighted by Gasteiger charge is 2.16. The molecule has 1 rings (SSSR count). The van der Waals surface area contributed by atoms with Crippen LogP contribution in [0, 0.1) is 5.21 Å². The normalized spacial score (nSPS) is 42.0. The minimum absolute atomic E-state index is 0.125. The van der Waals surface area contributed by atoms with Crippen molar-refractivity contribution in [2.45, 2.75) is 19.0 Å². The molecular weight excluding hydrogens is 92.1 g/mol. The summed E-state index contributed by atoms with van der Waals surface area (Å²) in [4.78, 5) is 0. The van der Waals surface area contributed by atoms with Crippen molar-refractivity contribution in [3.8, 4) is 0 Å². The summed E-state index contributed by atoms with van der Waals surface area (Å²) in [6, 6.07) is 0. The molecule has 1 aliphatic rings. The first-order valence-corrected chi connectivity index (χ1v) is 2.59. The molecule has 1 fully saturated rings. The van der Waals surface area contributed by atoms with Crippen molar-refractivity contribution in [3.63, 3.8) is 0 Å². The summed E-state index contributed by atoms with van der Waals surface area (Å²) in [5, 5.41) is 10.7. The summed E-state index contributed by atoms with van der Waals surface area (Å²) in [5.74, 6) is 0. The number of nitrogens with one attached hydrogen (secondary N) is 1. The largest absolute Gasteiger partial charge is 0.633 e. The van der Waals surface area contributed by atoms with E-state index in [4.69, 9.17) is 5.73 Å². The summed E-state index contributed by atoms with van der Waals surface area (Å²) in [5.41, 5.74) is 5.33. The van der Waals surface area contributed by atoms with E-state index in [-0.39, 0.29) is 11.2 Å². The lowest BCUT2D eigenvalue weighted by molar-refractivity contribution is -0.860. The number of rotatable bonds is 0. The Morgan fingerprint density at radius 1 is 1.71 bits per heavy atom. The van der Waals surface area contributed by atoms with Gasteiger partial charge in [0.2, 0.25) is 0 Å². The van der Waals surface area contributed by atoms with E-state index in [9.17, 15) is 5.21 Å². The molecule has 2 atom stereocenters. The Balaban J connectivity index is 2.33. The third kappa shape index (κ3) is 0.907. The van der Waals surface area contributed by atoms with E-state index >= 15 is 0 Å². The molecule has 3 nitrogen and oxygen atoms in total. The van der Waals surface area contributed by atoms with Gasteiger partial charge in [-0.1, -0.05) is 0 Å². The molecule has 2 unspecified atom stereocenters. The van der Waals surface area contributed by atoms with Crippen LogP contribution in [0.15, 0.2) is 0 Å². The molecule has 0 bridgehead atoms. The molecule has 3 N–H and O–H groups in total. The van der Waals surface area contributed by atoms with E-state index < -0.39 is 0 Å². The maximum Gasteiger partial charge on any atom is 0.138 e. The molecular formula is C4H10N2O. The fraction of sp³-hybridized carbons (Fsp3) is 1.00. The Morgan fingerprint density at radius 2 is 2.43 bits per heavy atom. The van der Waals surface area contributed by atoms with Gasteiger partial charge >= 0.3 is 0 Å². The third-order valence-electron chi connectivity index (χ3n) is 1.35. The highest BCUT2D eigenvalue weighted by atomic mass is 16.5. The van der Waals surface area contributed by atoms with Crippen molar-refractivity contribution in [1.82, 2.24) is 0 Å². The minimum Gasteiger partial charge on any atom is -0.633 e. The van der Waals surface area contributed by atoms with Crippen LogP contribution in [0.3, 0.4) is 0 Å². The number of quaternary nitrogens is 1. The van der Waals surface area contributed by atoms with Gasteiger partial charge < -0.3 is 10.3 Å². The standard InChI is InChI=1S/C4H10N2O/c5-4-2-1-3-6(4)7/h4,6H,1-3,5H2. The van der Waals surface area contributed by atoms with Crippen LogP contribution in [0.25, 0.3) is 0 Å². The molecule has 0 aromatic carbocycles. The van der Waals surface area contributed by atoms with Gasteiger partial charge in [0.25, 0.3) is 0 Å². The summed E-state index contributed by atoms with van der Waals surface area (Å²) < 4.78 is 0. The van der Waals surface area contributed by atoms with Crippen LogP contribution in [0.4, 0.5) is 0 Å². The van der Waals surface area contributed by atoms with E-state index in [1.54, 1.807) is 0 Å². The Bertz CT molecular complexity index is 58.7. The van der Waals surface area contributed by atoms with E-state index in [1.807, 2.05) is 0 Å². The van der Waals surface area contributed by atoms with E-state index in [0.717, 1.165) is 12.8 Å². The lowest BCUT2D eigenvalue weighted by atomic mass is 10.3. The maximum atomic E-state index is 10.4.